The van der Waals surface area contributed by atoms with Gasteiger partial charge in [-0.3, -0.25) is 4.98 Å². The van der Waals surface area contributed by atoms with Crippen LogP contribution < -0.4 is 10.6 Å². The molecule has 4 heteroatoms. The van der Waals surface area contributed by atoms with Crippen LogP contribution in [-0.4, -0.2) is 11.0 Å². The van der Waals surface area contributed by atoms with Crippen molar-refractivity contribution in [1.82, 2.24) is 10.3 Å². The first-order chi connectivity index (χ1) is 10.7. The molecule has 0 radical (unpaired) electrons. The zero-order chi connectivity index (χ0) is 15.4. The van der Waals surface area contributed by atoms with E-state index in [4.69, 9.17) is 0 Å². The lowest BCUT2D eigenvalue weighted by Crippen LogP contribution is -2.28. The fraction of sp³-hybridized carbons (Fsp3) is 0.111. The van der Waals surface area contributed by atoms with Gasteiger partial charge in [0.05, 0.1) is 12.2 Å². The molecule has 1 aromatic heterocycles. The molecule has 110 valence electrons. The second-order valence-electron chi connectivity index (χ2n) is 5.14. The van der Waals surface area contributed by atoms with Crippen LogP contribution in [-0.2, 0) is 6.54 Å². The van der Waals surface area contributed by atoms with Crippen LogP contribution in [0.4, 0.5) is 10.5 Å². The number of amides is 2. The summed E-state index contributed by atoms with van der Waals surface area (Å²) in [6.45, 7) is 2.33. The first-order valence-corrected chi connectivity index (χ1v) is 7.17. The molecule has 0 saturated carbocycles. The average Bonchev–Trinajstić information content (AvgIpc) is 2.53. The van der Waals surface area contributed by atoms with E-state index in [0.29, 0.717) is 6.54 Å². The predicted molar refractivity (Wildman–Crippen MR) is 88.8 cm³/mol. The van der Waals surface area contributed by atoms with Crippen LogP contribution in [0.1, 0.15) is 11.4 Å². The van der Waals surface area contributed by atoms with Gasteiger partial charge < -0.3 is 10.6 Å². The number of fused-ring (bicyclic) bond motifs is 1. The van der Waals surface area contributed by atoms with Gasteiger partial charge in [-0.1, -0.05) is 36.4 Å². The highest BCUT2D eigenvalue weighted by Crippen LogP contribution is 2.18. The summed E-state index contributed by atoms with van der Waals surface area (Å²) in [5.41, 5.74) is 2.55. The molecular formula is C18H17N3O. The number of pyridine rings is 1. The molecule has 0 aliphatic carbocycles. The molecule has 4 nitrogen and oxygen atoms in total. The maximum atomic E-state index is 12.0. The van der Waals surface area contributed by atoms with Gasteiger partial charge in [-0.05, 0) is 42.0 Å². The Morgan fingerprint density at radius 2 is 1.82 bits per heavy atom. The van der Waals surface area contributed by atoms with Gasteiger partial charge in [-0.15, -0.1) is 0 Å². The first-order valence-electron chi connectivity index (χ1n) is 7.17. The minimum atomic E-state index is -0.237. The van der Waals surface area contributed by atoms with Gasteiger partial charge in [0, 0.05) is 11.4 Å². The predicted octanol–water partition coefficient (Wildman–Crippen LogP) is 3.86. The molecule has 0 spiro atoms. The number of benzene rings is 2. The quantitative estimate of drug-likeness (QED) is 0.769. The first kappa shape index (κ1) is 14.1. The monoisotopic (exact) mass is 291 g/mol. The van der Waals surface area contributed by atoms with Crippen molar-refractivity contribution in [3.63, 3.8) is 0 Å². The molecule has 3 rings (SSSR count). The van der Waals surface area contributed by atoms with Gasteiger partial charge in [0.1, 0.15) is 0 Å². The molecule has 2 N–H and O–H groups in total. The number of nitrogens with zero attached hydrogens (tertiary/aromatic N) is 1. The van der Waals surface area contributed by atoms with Gasteiger partial charge >= 0.3 is 6.03 Å². The normalized spacial score (nSPS) is 10.4. The number of rotatable bonds is 3. The molecule has 0 aliphatic heterocycles. The van der Waals surface area contributed by atoms with Crippen molar-refractivity contribution < 1.29 is 4.79 Å². The zero-order valence-electron chi connectivity index (χ0n) is 12.3. The van der Waals surface area contributed by atoms with Crippen molar-refractivity contribution in [2.75, 3.05) is 5.32 Å². The molecule has 1 heterocycles. The van der Waals surface area contributed by atoms with Crippen molar-refractivity contribution in [2.24, 2.45) is 0 Å². The molecule has 0 unspecified atom stereocenters. The molecule has 0 atom stereocenters. The Kier molecular flexibility index (Phi) is 4.01. The number of anilines is 1. The van der Waals surface area contributed by atoms with E-state index < -0.39 is 0 Å². The average molecular weight is 291 g/mol. The smallest absolute Gasteiger partial charge is 0.319 e. The summed E-state index contributed by atoms with van der Waals surface area (Å²) >= 11 is 0. The second kappa shape index (κ2) is 6.26. The minimum Gasteiger partial charge on any atom is -0.332 e. The topological polar surface area (TPSA) is 54.0 Å². The Labute approximate surface area is 129 Å². The van der Waals surface area contributed by atoms with E-state index >= 15 is 0 Å². The van der Waals surface area contributed by atoms with Crippen molar-refractivity contribution in [3.05, 3.63) is 72.1 Å². The molecule has 3 aromatic rings. The van der Waals surface area contributed by atoms with Crippen LogP contribution in [0.3, 0.4) is 0 Å². The summed E-state index contributed by atoms with van der Waals surface area (Å²) in [4.78, 5) is 16.3. The van der Waals surface area contributed by atoms with E-state index in [-0.39, 0.29) is 6.03 Å². The third-order valence-corrected chi connectivity index (χ3v) is 3.38. The van der Waals surface area contributed by atoms with E-state index in [1.165, 1.54) is 0 Å². The van der Waals surface area contributed by atoms with E-state index in [1.54, 1.807) is 0 Å². The largest absolute Gasteiger partial charge is 0.332 e. The lowest BCUT2D eigenvalue weighted by molar-refractivity contribution is 0.251. The summed E-state index contributed by atoms with van der Waals surface area (Å²) in [5.74, 6) is 0. The van der Waals surface area contributed by atoms with Crippen molar-refractivity contribution in [3.8, 4) is 0 Å². The van der Waals surface area contributed by atoms with Gasteiger partial charge in [0.2, 0.25) is 0 Å². The highest BCUT2D eigenvalue weighted by atomic mass is 16.2. The Morgan fingerprint density at radius 1 is 1.00 bits per heavy atom. The second-order valence-corrected chi connectivity index (χ2v) is 5.14. The summed E-state index contributed by atoms with van der Waals surface area (Å²) in [6, 6.07) is 19.4. The number of aryl methyl sites for hydroxylation is 1. The van der Waals surface area contributed by atoms with Crippen molar-refractivity contribution in [2.45, 2.75) is 13.5 Å². The van der Waals surface area contributed by atoms with E-state index in [2.05, 4.69) is 15.6 Å². The fourth-order valence-corrected chi connectivity index (χ4v) is 2.31. The number of aromatic nitrogens is 1. The van der Waals surface area contributed by atoms with Crippen LogP contribution in [0.15, 0.2) is 60.7 Å². The minimum absolute atomic E-state index is 0.237. The third-order valence-electron chi connectivity index (χ3n) is 3.38. The summed E-state index contributed by atoms with van der Waals surface area (Å²) in [5, 5.41) is 7.90. The van der Waals surface area contributed by atoms with Gasteiger partial charge in [-0.2, -0.15) is 0 Å². The maximum absolute atomic E-state index is 12.0. The van der Waals surface area contributed by atoms with Crippen LogP contribution in [0.5, 0.6) is 0 Å². The standard InChI is InChI=1S/C18H17N3O/c1-13-5-4-8-17(20-13)12-19-18(22)21-16-10-9-14-6-2-3-7-15(14)11-16/h2-11H,12H2,1H3,(H2,19,21,22). The summed E-state index contributed by atoms with van der Waals surface area (Å²) in [7, 11) is 0. The lowest BCUT2D eigenvalue weighted by atomic mass is 10.1. The molecule has 0 saturated heterocycles. The zero-order valence-corrected chi connectivity index (χ0v) is 12.3. The molecule has 0 bridgehead atoms. The number of urea groups is 1. The molecule has 0 aliphatic rings. The molecule has 22 heavy (non-hydrogen) atoms. The number of carbonyl (C=O) groups excluding carboxylic acids is 1. The fourth-order valence-electron chi connectivity index (χ4n) is 2.31. The van der Waals surface area contributed by atoms with Crippen LogP contribution in [0.25, 0.3) is 10.8 Å². The molecule has 0 fully saturated rings. The van der Waals surface area contributed by atoms with Crippen molar-refractivity contribution >= 4 is 22.5 Å². The Balaban J connectivity index is 1.63. The third kappa shape index (κ3) is 3.41. The Hall–Kier alpha value is -2.88. The van der Waals surface area contributed by atoms with Gasteiger partial charge in [0.25, 0.3) is 0 Å². The van der Waals surface area contributed by atoms with Crippen LogP contribution in [0.2, 0.25) is 0 Å². The highest BCUT2D eigenvalue weighted by molar-refractivity contribution is 5.93. The summed E-state index contributed by atoms with van der Waals surface area (Å²) in [6.07, 6.45) is 0. The number of hydrogen-bond acceptors (Lipinski definition) is 2. The Bertz CT molecular complexity index is 814. The highest BCUT2D eigenvalue weighted by Gasteiger charge is 2.03. The number of carbonyl (C=O) groups is 1. The van der Waals surface area contributed by atoms with E-state index in [9.17, 15) is 4.79 Å². The van der Waals surface area contributed by atoms with Gasteiger partial charge in [0.15, 0.2) is 0 Å². The van der Waals surface area contributed by atoms with Crippen LogP contribution in [0, 0.1) is 6.92 Å². The molecule has 2 aromatic carbocycles. The van der Waals surface area contributed by atoms with Crippen molar-refractivity contribution in [1.29, 1.82) is 0 Å². The molecular weight excluding hydrogens is 274 g/mol. The number of nitrogens with one attached hydrogen (secondary N) is 2. The van der Waals surface area contributed by atoms with Gasteiger partial charge in [-0.25, -0.2) is 4.79 Å². The summed E-state index contributed by atoms with van der Waals surface area (Å²) < 4.78 is 0. The number of hydrogen-bond donors (Lipinski definition) is 2. The lowest BCUT2D eigenvalue weighted by Gasteiger charge is -2.08. The van der Waals surface area contributed by atoms with E-state index in [1.807, 2.05) is 67.6 Å². The van der Waals surface area contributed by atoms with Crippen LogP contribution >= 0.6 is 0 Å². The maximum Gasteiger partial charge on any atom is 0.319 e. The van der Waals surface area contributed by atoms with E-state index in [0.717, 1.165) is 27.8 Å². The molecule has 2 amide bonds. The SMILES string of the molecule is Cc1cccc(CNC(=O)Nc2ccc3ccccc3c2)n1. The Morgan fingerprint density at radius 3 is 2.64 bits per heavy atom.